The van der Waals surface area contributed by atoms with Gasteiger partial charge in [-0.3, -0.25) is 14.9 Å². The number of benzene rings is 2. The number of carbonyl (C=O) groups is 1. The van der Waals surface area contributed by atoms with Gasteiger partial charge >= 0.3 is 0 Å². The molecule has 0 aliphatic heterocycles. The third-order valence-electron chi connectivity index (χ3n) is 4.07. The average molecular weight is 398 g/mol. The van der Waals surface area contributed by atoms with Gasteiger partial charge in [-0.05, 0) is 48.0 Å². The Morgan fingerprint density at radius 2 is 2.07 bits per heavy atom. The summed E-state index contributed by atoms with van der Waals surface area (Å²) in [6, 6.07) is 7.58. The van der Waals surface area contributed by atoms with Crippen molar-refractivity contribution in [3.05, 3.63) is 57.9 Å². The van der Waals surface area contributed by atoms with Gasteiger partial charge in [0.2, 0.25) is 0 Å². The summed E-state index contributed by atoms with van der Waals surface area (Å²) in [5.41, 5.74) is 1.48. The molecular formula is C18H18N6O5. The fraction of sp³-hybridized carbons (Fsp3) is 0.222. The van der Waals surface area contributed by atoms with E-state index in [0.717, 1.165) is 11.3 Å². The highest BCUT2D eigenvalue weighted by atomic mass is 16.6. The third kappa shape index (κ3) is 4.13. The van der Waals surface area contributed by atoms with E-state index in [1.807, 2.05) is 6.92 Å². The number of nitro benzene ring substituents is 1. The zero-order valence-corrected chi connectivity index (χ0v) is 15.9. The van der Waals surface area contributed by atoms with Gasteiger partial charge in [0.15, 0.2) is 11.5 Å². The average Bonchev–Trinajstić information content (AvgIpc) is 3.22. The molecule has 1 amide bonds. The number of anilines is 1. The zero-order chi connectivity index (χ0) is 21.0. The molecular weight excluding hydrogens is 380 g/mol. The van der Waals surface area contributed by atoms with Gasteiger partial charge in [0.1, 0.15) is 11.9 Å². The summed E-state index contributed by atoms with van der Waals surface area (Å²) in [7, 11) is 1.37. The van der Waals surface area contributed by atoms with E-state index in [0.29, 0.717) is 12.3 Å². The van der Waals surface area contributed by atoms with Gasteiger partial charge < -0.3 is 14.8 Å². The van der Waals surface area contributed by atoms with Crippen molar-refractivity contribution in [2.24, 2.45) is 0 Å². The second kappa shape index (κ2) is 8.33. The third-order valence-corrected chi connectivity index (χ3v) is 4.07. The summed E-state index contributed by atoms with van der Waals surface area (Å²) in [4.78, 5) is 23.6. The molecule has 0 radical (unpaired) electrons. The molecule has 3 rings (SSSR count). The lowest BCUT2D eigenvalue weighted by molar-refractivity contribution is -0.385. The van der Waals surface area contributed by atoms with E-state index in [-0.39, 0.29) is 22.7 Å². The van der Waals surface area contributed by atoms with E-state index in [4.69, 9.17) is 9.47 Å². The van der Waals surface area contributed by atoms with Crippen molar-refractivity contribution in [1.82, 2.24) is 20.2 Å². The molecule has 0 saturated heterocycles. The lowest BCUT2D eigenvalue weighted by atomic mass is 10.1. The minimum atomic E-state index is -0.644. The van der Waals surface area contributed by atoms with Crippen LogP contribution in [0.4, 0.5) is 11.4 Å². The molecule has 29 heavy (non-hydrogen) atoms. The highest BCUT2D eigenvalue weighted by Gasteiger charge is 2.25. The number of aromatic nitrogens is 4. The van der Waals surface area contributed by atoms with Gasteiger partial charge in [-0.2, -0.15) is 0 Å². The number of rotatable bonds is 7. The molecule has 1 heterocycles. The van der Waals surface area contributed by atoms with Crippen molar-refractivity contribution in [2.75, 3.05) is 19.0 Å². The van der Waals surface area contributed by atoms with Gasteiger partial charge in [-0.25, -0.2) is 4.68 Å². The number of nitro groups is 1. The van der Waals surface area contributed by atoms with Gasteiger partial charge in [0, 0.05) is 11.8 Å². The minimum Gasteiger partial charge on any atom is -0.493 e. The van der Waals surface area contributed by atoms with E-state index < -0.39 is 10.8 Å². The highest BCUT2D eigenvalue weighted by Crippen LogP contribution is 2.35. The smallest absolute Gasteiger partial charge is 0.286 e. The molecule has 150 valence electrons. The Labute approximate surface area is 165 Å². The van der Waals surface area contributed by atoms with Crippen molar-refractivity contribution < 1.29 is 19.2 Å². The topological polar surface area (TPSA) is 134 Å². The Kier molecular flexibility index (Phi) is 5.67. The fourth-order valence-corrected chi connectivity index (χ4v) is 2.77. The summed E-state index contributed by atoms with van der Waals surface area (Å²) < 4.78 is 12.0. The molecule has 2 aromatic carbocycles. The Hall–Kier alpha value is -4.02. The predicted octanol–water partition coefficient (Wildman–Crippen LogP) is 2.54. The van der Waals surface area contributed by atoms with E-state index >= 15 is 0 Å². The van der Waals surface area contributed by atoms with Crippen molar-refractivity contribution >= 4 is 17.3 Å². The Morgan fingerprint density at radius 3 is 2.66 bits per heavy atom. The van der Waals surface area contributed by atoms with Crippen molar-refractivity contribution in [3.63, 3.8) is 0 Å². The first-order valence-electron chi connectivity index (χ1n) is 8.59. The van der Waals surface area contributed by atoms with Crippen molar-refractivity contribution in [2.45, 2.75) is 13.8 Å². The maximum absolute atomic E-state index is 12.8. The number of methoxy groups -OCH3 is 1. The lowest BCUT2D eigenvalue weighted by Crippen LogP contribution is -2.15. The molecule has 0 aliphatic rings. The molecule has 11 heteroatoms. The van der Waals surface area contributed by atoms with Crippen molar-refractivity contribution in [3.8, 4) is 17.2 Å². The highest BCUT2D eigenvalue weighted by molar-refractivity contribution is 6.07. The molecule has 3 aromatic rings. The first-order chi connectivity index (χ1) is 13.9. The standard InChI is InChI=1S/C18H18N6O5/c1-4-29-17-8-13(15(24(26)27)9-16(17)28-3)18(25)20-12-5-6-14(11(2)7-12)23-10-19-21-22-23/h5-10H,4H2,1-3H3,(H,20,25). The molecule has 1 N–H and O–H groups in total. The number of nitrogens with one attached hydrogen (secondary N) is 1. The number of amides is 1. The minimum absolute atomic E-state index is 0.138. The van der Waals surface area contributed by atoms with Crippen LogP contribution in [-0.4, -0.2) is 44.8 Å². The second-order valence-electron chi connectivity index (χ2n) is 5.92. The molecule has 0 fully saturated rings. The lowest BCUT2D eigenvalue weighted by Gasteiger charge is -2.13. The van der Waals surface area contributed by atoms with Gasteiger partial charge in [-0.15, -0.1) is 5.10 Å². The first kappa shape index (κ1) is 19.7. The van der Waals surface area contributed by atoms with Crippen LogP contribution in [0.25, 0.3) is 5.69 Å². The van der Waals surface area contributed by atoms with Crippen LogP contribution < -0.4 is 14.8 Å². The second-order valence-corrected chi connectivity index (χ2v) is 5.92. The molecule has 1 aromatic heterocycles. The van der Waals surface area contributed by atoms with E-state index in [1.54, 1.807) is 25.1 Å². The van der Waals surface area contributed by atoms with Crippen LogP contribution in [-0.2, 0) is 0 Å². The number of hydrogen-bond acceptors (Lipinski definition) is 8. The number of nitrogens with zero attached hydrogens (tertiary/aromatic N) is 5. The molecule has 0 saturated carbocycles. The SMILES string of the molecule is CCOc1cc(C(=O)Nc2ccc(-n3cnnn3)c(C)c2)c([N+](=O)[O-])cc1OC. The molecule has 0 bridgehead atoms. The summed E-state index contributed by atoms with van der Waals surface area (Å²) in [5, 5.41) is 25.1. The van der Waals surface area contributed by atoms with Gasteiger partial charge in [0.05, 0.1) is 30.4 Å². The van der Waals surface area contributed by atoms with Gasteiger partial charge in [0.25, 0.3) is 11.6 Å². The monoisotopic (exact) mass is 398 g/mol. The Balaban J connectivity index is 1.93. The number of ether oxygens (including phenoxy) is 2. The van der Waals surface area contributed by atoms with E-state index in [9.17, 15) is 14.9 Å². The molecule has 0 unspecified atom stereocenters. The number of carbonyl (C=O) groups excluding carboxylic acids is 1. The molecule has 0 atom stereocenters. The summed E-state index contributed by atoms with van der Waals surface area (Å²) in [6.07, 6.45) is 1.45. The van der Waals surface area contributed by atoms with Crippen LogP contribution in [0.2, 0.25) is 0 Å². The summed E-state index contributed by atoms with van der Waals surface area (Å²) in [6.45, 7) is 3.90. The van der Waals surface area contributed by atoms with E-state index in [2.05, 4.69) is 20.8 Å². The predicted molar refractivity (Wildman–Crippen MR) is 103 cm³/mol. The summed E-state index contributed by atoms with van der Waals surface area (Å²) >= 11 is 0. The van der Waals surface area contributed by atoms with Crippen molar-refractivity contribution in [1.29, 1.82) is 0 Å². The largest absolute Gasteiger partial charge is 0.493 e. The van der Waals surface area contributed by atoms with Crippen LogP contribution in [0.15, 0.2) is 36.7 Å². The maximum Gasteiger partial charge on any atom is 0.286 e. The molecule has 0 spiro atoms. The van der Waals surface area contributed by atoms with Crippen LogP contribution in [0.3, 0.4) is 0 Å². The number of tetrazole rings is 1. The van der Waals surface area contributed by atoms with Gasteiger partial charge in [-0.1, -0.05) is 0 Å². The van der Waals surface area contributed by atoms with E-state index in [1.165, 1.54) is 30.3 Å². The first-order valence-corrected chi connectivity index (χ1v) is 8.59. The number of hydrogen-bond donors (Lipinski definition) is 1. The molecule has 11 nitrogen and oxygen atoms in total. The normalized spacial score (nSPS) is 10.4. The fourth-order valence-electron chi connectivity index (χ4n) is 2.77. The Bertz CT molecular complexity index is 1050. The quantitative estimate of drug-likeness (QED) is 0.474. The summed E-state index contributed by atoms with van der Waals surface area (Å²) in [5.74, 6) is -0.220. The Morgan fingerprint density at radius 1 is 1.28 bits per heavy atom. The van der Waals surface area contributed by atoms with Crippen LogP contribution in [0.5, 0.6) is 11.5 Å². The van der Waals surface area contributed by atoms with Crippen LogP contribution >= 0.6 is 0 Å². The van der Waals surface area contributed by atoms with Crippen LogP contribution in [0.1, 0.15) is 22.8 Å². The number of aryl methyl sites for hydroxylation is 1. The zero-order valence-electron chi connectivity index (χ0n) is 15.9. The van der Waals surface area contributed by atoms with Crippen LogP contribution in [0, 0.1) is 17.0 Å². The molecule has 0 aliphatic carbocycles. The maximum atomic E-state index is 12.8.